The van der Waals surface area contributed by atoms with Crippen LogP contribution in [0.2, 0.25) is 0 Å². The predicted octanol–water partition coefficient (Wildman–Crippen LogP) is 22.0. The van der Waals surface area contributed by atoms with Crippen LogP contribution in [0.3, 0.4) is 0 Å². The number of aliphatic hydroxyl groups is 3. The number of nitriles is 2. The van der Waals surface area contributed by atoms with E-state index in [0.717, 1.165) is 116 Å². The fourth-order valence-electron chi connectivity index (χ4n) is 12.4. The van der Waals surface area contributed by atoms with Crippen LogP contribution < -0.4 is 4.74 Å². The number of nitrogens with zero attached hydrogens (tertiary/aromatic N) is 7. The second kappa shape index (κ2) is 33.8. The van der Waals surface area contributed by atoms with Gasteiger partial charge in [-0.05, 0) is 182 Å². The first kappa shape index (κ1) is 78.1. The van der Waals surface area contributed by atoms with Crippen molar-refractivity contribution in [1.82, 2.24) is 24.9 Å². The highest BCUT2D eigenvalue weighted by molar-refractivity contribution is 8.01. The molecule has 6 heterocycles. The average Bonchev–Trinajstić information content (AvgIpc) is 0.984. The molecule has 0 radical (unpaired) electrons. The molecule has 3 aliphatic carbocycles. The first-order valence-corrected chi connectivity index (χ1v) is 39.2. The van der Waals surface area contributed by atoms with Crippen molar-refractivity contribution >= 4 is 46.1 Å². The van der Waals surface area contributed by atoms with Gasteiger partial charge < -0.3 is 24.8 Å². The highest BCUT2D eigenvalue weighted by Crippen LogP contribution is 2.53. The molecule has 0 spiro atoms. The number of fused-ring (bicyclic) bond motifs is 1. The average molecular weight is 1470 g/mol. The quantitative estimate of drug-likeness (QED) is 0.0729. The van der Waals surface area contributed by atoms with Crippen molar-refractivity contribution < 1.29 is 24.8 Å². The number of pyridine rings is 5. The van der Waals surface area contributed by atoms with E-state index < -0.39 is 16.8 Å². The van der Waals surface area contributed by atoms with Gasteiger partial charge in [-0.2, -0.15) is 10.5 Å². The molecule has 3 saturated carbocycles. The van der Waals surface area contributed by atoms with E-state index in [2.05, 4.69) is 171 Å². The Morgan fingerprint density at radius 2 is 0.868 bits per heavy atom. The summed E-state index contributed by atoms with van der Waals surface area (Å²) in [5, 5.41) is 50.9. The van der Waals surface area contributed by atoms with Crippen LogP contribution in [-0.2, 0) is 28.0 Å². The van der Waals surface area contributed by atoms with E-state index in [1.807, 2.05) is 178 Å². The van der Waals surface area contributed by atoms with Crippen LogP contribution in [0.5, 0.6) is 5.75 Å². The number of thioether (sulfide) groups is 3. The lowest BCUT2D eigenvalue weighted by atomic mass is 9.91. The van der Waals surface area contributed by atoms with Gasteiger partial charge >= 0.3 is 0 Å². The van der Waals surface area contributed by atoms with Crippen molar-refractivity contribution in [2.24, 2.45) is 5.41 Å². The Labute approximate surface area is 639 Å². The highest BCUT2D eigenvalue weighted by Gasteiger charge is 2.43. The number of ether oxygens (including phenoxy) is 2. The van der Waals surface area contributed by atoms with E-state index >= 15 is 0 Å². The summed E-state index contributed by atoms with van der Waals surface area (Å²) in [4.78, 5) is 25.1. The fourth-order valence-corrected chi connectivity index (χ4v) is 16.0. The van der Waals surface area contributed by atoms with Gasteiger partial charge in [-0.15, -0.1) is 35.3 Å². The summed E-state index contributed by atoms with van der Waals surface area (Å²) in [5.74, 6) is 2.01. The lowest BCUT2D eigenvalue weighted by Gasteiger charge is -2.36. The van der Waals surface area contributed by atoms with E-state index in [-0.39, 0.29) is 15.1 Å². The van der Waals surface area contributed by atoms with E-state index in [4.69, 9.17) is 14.7 Å². The standard InChI is InChI=1S/C20H23NOS.C19H16N2.C18H21NO2S.C18H21NOS.C16H16N2O/c1-2-19(8-9-19)14-23-18-7-12-21-13-17(18)15-3-5-16(6-4-15)20(22)10-11-20;1-2-5-14-10-11-21-13-19(14)18-9-8-15(12-20)16-6-3-4-7-17(16)18;1-17(2,3)22-16-8-9-19-10-15(16)13-4-6-14(7-5-13)18(20)11-21-12-18;1-17(2,3)21-16-8-11-19-12-15(16)13-4-6-14(7-5-13)18(20)9-10-18;1-16(2,3)19-15-8-9-18-11-14(15)13-6-4-12(10-17)5-7-13/h3-7,12-13,22H,2,8-11,14H2,1H3;3-4,6-11,13H,2,5H2,1H3;4-10,20H,11-12H2,1-3H3;4-8,11-12,20H,9-10H2,1-3H3;4-9,11H,1-3H3. The van der Waals surface area contributed by atoms with Crippen molar-refractivity contribution in [2.75, 3.05) is 19.0 Å². The Morgan fingerprint density at radius 1 is 0.443 bits per heavy atom. The first-order valence-electron chi connectivity index (χ1n) is 36.6. The monoisotopic (exact) mass is 1460 g/mol. The van der Waals surface area contributed by atoms with Crippen molar-refractivity contribution in [3.63, 3.8) is 0 Å². The zero-order valence-corrected chi connectivity index (χ0v) is 65.3. The van der Waals surface area contributed by atoms with Gasteiger partial charge in [0.2, 0.25) is 0 Å². The van der Waals surface area contributed by atoms with Crippen molar-refractivity contribution in [3.05, 3.63) is 259 Å². The maximum absolute atomic E-state index is 10.3. The summed E-state index contributed by atoms with van der Waals surface area (Å²) < 4.78 is 11.4. The van der Waals surface area contributed by atoms with Crippen LogP contribution in [0.25, 0.3) is 66.4 Å². The summed E-state index contributed by atoms with van der Waals surface area (Å²) in [7, 11) is 0. The third-order valence-corrected chi connectivity index (χ3v) is 22.8. The van der Waals surface area contributed by atoms with E-state index in [0.29, 0.717) is 24.2 Å². The molecule has 0 bridgehead atoms. The maximum Gasteiger partial charge on any atom is 0.136 e. The van der Waals surface area contributed by atoms with E-state index in [1.54, 1.807) is 24.5 Å². The molecule has 0 amide bonds. The second-order valence-corrected chi connectivity index (χ2v) is 35.6. The van der Waals surface area contributed by atoms with Gasteiger partial charge in [-0.25, -0.2) is 0 Å². The number of aromatic nitrogens is 5. The molecular weight excluding hydrogens is 1370 g/mol. The molecule has 0 atom stereocenters. The lowest BCUT2D eigenvalue weighted by molar-refractivity contribution is -0.184. The number of hydrogen-bond donors (Lipinski definition) is 3. The second-order valence-electron chi connectivity index (χ2n) is 30.9. The predicted molar refractivity (Wildman–Crippen MR) is 435 cm³/mol. The minimum Gasteiger partial charge on any atom is -0.487 e. The molecule has 544 valence electrons. The molecule has 11 aromatic rings. The molecule has 6 aromatic carbocycles. The molecule has 3 N–H and O–H groups in total. The molecule has 15 rings (SSSR count). The van der Waals surface area contributed by atoms with Crippen LogP contribution in [-0.4, -0.2) is 74.3 Å². The Kier molecular flexibility index (Phi) is 24.9. The Hall–Kier alpha value is -9.00. The topological polar surface area (TPSA) is 191 Å². The van der Waals surface area contributed by atoms with Gasteiger partial charge in [-0.1, -0.05) is 177 Å². The zero-order chi connectivity index (χ0) is 75.3. The molecule has 12 nitrogen and oxygen atoms in total. The van der Waals surface area contributed by atoms with Gasteiger partial charge in [0.15, 0.2) is 0 Å². The number of hydrogen-bond acceptors (Lipinski definition) is 15. The molecule has 5 aromatic heterocycles. The molecular formula is C91H97N7O5S3. The first-order chi connectivity index (χ1) is 50.7. The largest absolute Gasteiger partial charge is 0.487 e. The molecule has 106 heavy (non-hydrogen) atoms. The van der Waals surface area contributed by atoms with Crippen LogP contribution >= 0.6 is 35.3 Å². The van der Waals surface area contributed by atoms with Crippen LogP contribution in [0, 0.1) is 28.1 Å². The summed E-state index contributed by atoms with van der Waals surface area (Å²) in [5.41, 5.74) is 15.3. The Bertz CT molecular complexity index is 4860. The van der Waals surface area contributed by atoms with Crippen molar-refractivity contribution in [3.8, 4) is 73.5 Å². The van der Waals surface area contributed by atoms with Gasteiger partial charge in [0, 0.05) is 125 Å². The smallest absolute Gasteiger partial charge is 0.136 e. The summed E-state index contributed by atoms with van der Waals surface area (Å²) in [6.07, 6.45) is 28.4. The van der Waals surface area contributed by atoms with Crippen LogP contribution in [0.1, 0.15) is 161 Å². The third kappa shape index (κ3) is 20.6. The van der Waals surface area contributed by atoms with Crippen molar-refractivity contribution in [1.29, 1.82) is 10.5 Å². The Morgan fingerprint density at radius 3 is 1.29 bits per heavy atom. The molecule has 4 fully saturated rings. The summed E-state index contributed by atoms with van der Waals surface area (Å²) in [6, 6.07) is 58.8. The normalized spacial score (nSPS) is 15.3. The molecule has 1 aliphatic heterocycles. The van der Waals surface area contributed by atoms with Gasteiger partial charge in [0.05, 0.1) is 47.7 Å². The zero-order valence-electron chi connectivity index (χ0n) is 62.9. The molecule has 1 saturated heterocycles. The summed E-state index contributed by atoms with van der Waals surface area (Å²) >= 11 is 5.66. The molecule has 4 aliphatic rings. The number of aryl methyl sites for hydroxylation is 1. The van der Waals surface area contributed by atoms with E-state index in [1.165, 1.54) is 62.0 Å². The summed E-state index contributed by atoms with van der Waals surface area (Å²) in [6.45, 7) is 24.5. The van der Waals surface area contributed by atoms with Crippen molar-refractivity contribution in [2.45, 2.75) is 181 Å². The van der Waals surface area contributed by atoms with Crippen LogP contribution in [0.4, 0.5) is 0 Å². The van der Waals surface area contributed by atoms with E-state index in [9.17, 15) is 20.6 Å². The van der Waals surface area contributed by atoms with Gasteiger partial charge in [0.25, 0.3) is 0 Å². The minimum absolute atomic E-state index is 0.147. The number of benzene rings is 6. The van der Waals surface area contributed by atoms with Crippen LogP contribution in [0.15, 0.2) is 240 Å². The minimum atomic E-state index is -0.809. The van der Waals surface area contributed by atoms with Gasteiger partial charge in [-0.3, -0.25) is 24.9 Å². The highest BCUT2D eigenvalue weighted by atomic mass is 32.2. The van der Waals surface area contributed by atoms with Gasteiger partial charge in [0.1, 0.15) is 17.0 Å². The maximum atomic E-state index is 10.3. The molecule has 15 heteroatoms. The fraction of sp³-hybridized carbons (Fsp3) is 0.330. The number of rotatable bonds is 17. The molecule has 0 unspecified atom stereocenters. The Balaban J connectivity index is 0.000000132. The lowest BCUT2D eigenvalue weighted by Crippen LogP contribution is -2.46. The third-order valence-electron chi connectivity index (χ3n) is 19.0. The SMILES string of the molecule is CC(C)(C)Oc1ccncc1-c1ccc(C#N)cc1.CC(C)(C)Sc1ccncc1-c1ccc(C2(O)CC2)cc1.CC(C)(C)Sc1ccncc1-c1ccc(C2(O)COC2)cc1.CCC1(CSc2ccncc2-c2ccc(C3(O)CC3)cc2)CC1.CCCc1ccncc1-c1ccc(C#N)c2ccccc12.